The third kappa shape index (κ3) is 3.25. The highest BCUT2D eigenvalue weighted by atomic mass is 16.5. The number of benzene rings is 1. The molecule has 1 saturated heterocycles. The number of carbonyl (C=O) groups excluding carboxylic acids is 1. The summed E-state index contributed by atoms with van der Waals surface area (Å²) in [6, 6.07) is 5.78. The van der Waals surface area contributed by atoms with Crippen molar-refractivity contribution >= 4 is 5.91 Å². The summed E-state index contributed by atoms with van der Waals surface area (Å²) in [5.41, 5.74) is 8.77. The lowest BCUT2D eigenvalue weighted by Crippen LogP contribution is -2.56. The lowest BCUT2D eigenvalue weighted by atomic mass is 10.0. The molecular weight excluding hydrogens is 294 g/mol. The van der Waals surface area contributed by atoms with Crippen molar-refractivity contribution in [3.63, 3.8) is 0 Å². The highest BCUT2D eigenvalue weighted by Gasteiger charge is 2.33. The monoisotopic (exact) mass is 315 g/mol. The fraction of sp³-hybridized carbons (Fsp3) is 0.438. The van der Waals surface area contributed by atoms with Crippen molar-refractivity contribution in [3.8, 4) is 5.69 Å². The molecule has 7 heteroatoms. The normalized spacial score (nSPS) is 22.2. The second-order valence-corrected chi connectivity index (χ2v) is 5.85. The topological polar surface area (TPSA) is 86.3 Å². The summed E-state index contributed by atoms with van der Waals surface area (Å²) in [4.78, 5) is 17.8. The van der Waals surface area contributed by atoms with E-state index in [9.17, 15) is 4.79 Å². The van der Waals surface area contributed by atoms with Crippen LogP contribution in [0.3, 0.4) is 0 Å². The van der Waals surface area contributed by atoms with E-state index in [2.05, 4.69) is 21.0 Å². The quantitative estimate of drug-likeness (QED) is 0.895. The van der Waals surface area contributed by atoms with Gasteiger partial charge in [-0.3, -0.25) is 9.69 Å². The van der Waals surface area contributed by atoms with E-state index in [0.717, 1.165) is 16.8 Å². The molecule has 0 spiro atoms. The molecule has 3 rings (SSSR count). The summed E-state index contributed by atoms with van der Waals surface area (Å²) >= 11 is 0. The van der Waals surface area contributed by atoms with E-state index in [0.29, 0.717) is 19.7 Å². The van der Waals surface area contributed by atoms with Gasteiger partial charge in [0.2, 0.25) is 5.91 Å². The van der Waals surface area contributed by atoms with Gasteiger partial charge in [-0.1, -0.05) is 12.1 Å². The van der Waals surface area contributed by atoms with E-state index in [4.69, 9.17) is 10.5 Å². The molecule has 0 aliphatic carbocycles. The van der Waals surface area contributed by atoms with Gasteiger partial charge in [-0.05, 0) is 31.0 Å². The third-order valence-electron chi connectivity index (χ3n) is 4.20. The first-order chi connectivity index (χ1) is 11.1. The average molecular weight is 315 g/mol. The van der Waals surface area contributed by atoms with E-state index in [1.807, 2.05) is 26.0 Å². The summed E-state index contributed by atoms with van der Waals surface area (Å²) in [6.45, 7) is 5.90. The van der Waals surface area contributed by atoms with E-state index in [1.54, 1.807) is 11.0 Å². The van der Waals surface area contributed by atoms with Crippen LogP contribution >= 0.6 is 0 Å². The largest absolute Gasteiger partial charge is 0.375 e. The number of carbonyl (C=O) groups is 1. The van der Waals surface area contributed by atoms with Crippen molar-refractivity contribution in [2.45, 2.75) is 32.5 Å². The average Bonchev–Trinajstić information content (AvgIpc) is 3.01. The van der Waals surface area contributed by atoms with Gasteiger partial charge >= 0.3 is 0 Å². The van der Waals surface area contributed by atoms with E-state index in [-0.39, 0.29) is 18.1 Å². The molecule has 2 aromatic rings. The molecule has 1 fully saturated rings. The number of aryl methyl sites for hydroxylation is 1. The van der Waals surface area contributed by atoms with E-state index >= 15 is 0 Å². The van der Waals surface area contributed by atoms with Crippen molar-refractivity contribution in [1.29, 1.82) is 0 Å². The molecule has 0 unspecified atom stereocenters. The van der Waals surface area contributed by atoms with Crippen LogP contribution in [0.5, 0.6) is 0 Å². The van der Waals surface area contributed by atoms with Crippen LogP contribution in [0.1, 0.15) is 18.1 Å². The zero-order chi connectivity index (χ0) is 16.4. The first kappa shape index (κ1) is 15.6. The smallest absolute Gasteiger partial charge is 0.237 e. The zero-order valence-electron chi connectivity index (χ0n) is 13.3. The van der Waals surface area contributed by atoms with Crippen LogP contribution in [0.2, 0.25) is 0 Å². The third-order valence-corrected chi connectivity index (χ3v) is 4.20. The Morgan fingerprint density at radius 1 is 1.48 bits per heavy atom. The number of nitrogens with two attached hydrogens (primary N) is 1. The van der Waals surface area contributed by atoms with E-state index < -0.39 is 0 Å². The number of nitrogens with zero attached hydrogens (tertiary/aromatic N) is 4. The first-order valence-corrected chi connectivity index (χ1v) is 7.66. The lowest BCUT2D eigenvalue weighted by molar-refractivity contribution is -0.136. The molecular formula is C16H21N5O2. The highest BCUT2D eigenvalue weighted by molar-refractivity contribution is 5.80. The van der Waals surface area contributed by atoms with Crippen LogP contribution in [0, 0.1) is 6.92 Å². The molecule has 0 bridgehead atoms. The maximum absolute atomic E-state index is 11.7. The van der Waals surface area contributed by atoms with Gasteiger partial charge in [0.05, 0.1) is 18.4 Å². The molecule has 2 heterocycles. The van der Waals surface area contributed by atoms with Crippen LogP contribution < -0.4 is 5.73 Å². The van der Waals surface area contributed by atoms with Crippen molar-refractivity contribution in [1.82, 2.24) is 19.7 Å². The minimum absolute atomic E-state index is 0.184. The summed E-state index contributed by atoms with van der Waals surface area (Å²) in [6.07, 6.45) is 3.01. The second kappa shape index (κ2) is 6.47. The van der Waals surface area contributed by atoms with Gasteiger partial charge in [-0.25, -0.2) is 9.67 Å². The summed E-state index contributed by atoms with van der Waals surface area (Å²) in [5.74, 6) is -0.340. The Kier molecular flexibility index (Phi) is 4.40. The molecule has 1 aromatic carbocycles. The Hall–Kier alpha value is -2.25. The van der Waals surface area contributed by atoms with Gasteiger partial charge < -0.3 is 10.5 Å². The number of primary amides is 1. The maximum atomic E-state index is 11.7. The molecule has 1 aromatic heterocycles. The Bertz CT molecular complexity index is 686. The predicted molar refractivity (Wildman–Crippen MR) is 84.9 cm³/mol. The fourth-order valence-corrected chi connectivity index (χ4v) is 3.11. The minimum Gasteiger partial charge on any atom is -0.375 e. The molecule has 23 heavy (non-hydrogen) atoms. The van der Waals surface area contributed by atoms with E-state index in [1.165, 1.54) is 6.33 Å². The molecule has 122 valence electrons. The van der Waals surface area contributed by atoms with Crippen molar-refractivity contribution in [3.05, 3.63) is 42.0 Å². The Morgan fingerprint density at radius 2 is 2.30 bits per heavy atom. The lowest BCUT2D eigenvalue weighted by Gasteiger charge is -2.38. The number of morpholine rings is 1. The Morgan fingerprint density at radius 3 is 2.96 bits per heavy atom. The van der Waals surface area contributed by atoms with Gasteiger partial charge in [-0.15, -0.1) is 0 Å². The summed E-state index contributed by atoms with van der Waals surface area (Å²) in [5, 5.41) is 4.16. The van der Waals surface area contributed by atoms with Crippen molar-refractivity contribution < 1.29 is 9.53 Å². The van der Waals surface area contributed by atoms with Gasteiger partial charge in [0.1, 0.15) is 18.7 Å². The number of rotatable bonds is 4. The Labute approximate surface area is 135 Å². The van der Waals surface area contributed by atoms with Crippen LogP contribution in [-0.4, -0.2) is 50.9 Å². The fourth-order valence-electron chi connectivity index (χ4n) is 3.11. The number of ether oxygens (including phenoxy) is 1. The highest BCUT2D eigenvalue weighted by Crippen LogP contribution is 2.20. The van der Waals surface area contributed by atoms with Crippen molar-refractivity contribution in [2.24, 2.45) is 5.73 Å². The maximum Gasteiger partial charge on any atom is 0.237 e. The van der Waals surface area contributed by atoms with Gasteiger partial charge in [0.25, 0.3) is 0 Å². The van der Waals surface area contributed by atoms with Crippen molar-refractivity contribution in [2.75, 3.05) is 13.2 Å². The first-order valence-electron chi connectivity index (χ1n) is 7.66. The standard InChI is InChI=1S/C16H21N5O2/c1-11-7-13(3-4-14(11)21-10-18-9-19-21)8-20-5-6-23-12(2)15(20)16(17)22/h3-4,7,9-10,12,15H,5-6,8H2,1-2H3,(H2,17,22)/t12-,15+/m1/s1. The number of hydrogen-bond donors (Lipinski definition) is 1. The van der Waals surface area contributed by atoms with Crippen LogP contribution in [0.25, 0.3) is 5.69 Å². The molecule has 7 nitrogen and oxygen atoms in total. The summed E-state index contributed by atoms with van der Waals surface area (Å²) in [7, 11) is 0. The van der Waals surface area contributed by atoms with Gasteiger partial charge in [0, 0.05) is 13.1 Å². The molecule has 1 aliphatic rings. The molecule has 2 N–H and O–H groups in total. The second-order valence-electron chi connectivity index (χ2n) is 5.85. The summed E-state index contributed by atoms with van der Waals surface area (Å²) < 4.78 is 7.29. The van der Waals surface area contributed by atoms with Crippen LogP contribution in [-0.2, 0) is 16.1 Å². The molecule has 1 aliphatic heterocycles. The van der Waals surface area contributed by atoms with Gasteiger partial charge in [-0.2, -0.15) is 5.10 Å². The predicted octanol–water partition coefficient (Wildman–Crippen LogP) is 0.650. The zero-order valence-corrected chi connectivity index (χ0v) is 13.3. The molecule has 1 amide bonds. The number of amides is 1. The number of aromatic nitrogens is 3. The molecule has 0 saturated carbocycles. The minimum atomic E-state index is -0.390. The Balaban J connectivity index is 1.80. The SMILES string of the molecule is Cc1cc(CN2CCO[C@H](C)[C@H]2C(N)=O)ccc1-n1cncn1. The van der Waals surface area contributed by atoms with Gasteiger partial charge in [0.15, 0.2) is 0 Å². The molecule has 0 radical (unpaired) electrons. The van der Waals surface area contributed by atoms with Crippen LogP contribution in [0.15, 0.2) is 30.9 Å². The molecule has 2 atom stereocenters. The number of hydrogen-bond acceptors (Lipinski definition) is 5. The van der Waals surface area contributed by atoms with Crippen LogP contribution in [0.4, 0.5) is 0 Å².